The van der Waals surface area contributed by atoms with Crippen LogP contribution in [-0.4, -0.2) is 37.3 Å². The molecule has 1 atom stereocenters. The second kappa shape index (κ2) is 5.14. The number of hydrogen-bond donors (Lipinski definition) is 1. The summed E-state index contributed by atoms with van der Waals surface area (Å²) < 4.78 is 40.5. The number of hydrogen-bond acceptors (Lipinski definition) is 4. The Morgan fingerprint density at radius 2 is 2.19 bits per heavy atom. The second-order valence-electron chi connectivity index (χ2n) is 5.08. The molecule has 3 heterocycles. The molecule has 0 spiro atoms. The highest BCUT2D eigenvalue weighted by Gasteiger charge is 2.30. The lowest BCUT2D eigenvalue weighted by Crippen LogP contribution is -2.34. The van der Waals surface area contributed by atoms with Gasteiger partial charge in [0, 0.05) is 38.3 Å². The van der Waals surface area contributed by atoms with Crippen LogP contribution in [0.15, 0.2) is 12.4 Å². The second-order valence-corrected chi connectivity index (χ2v) is 5.08. The normalized spacial score (nSPS) is 18.8. The predicted octanol–water partition coefficient (Wildman–Crippen LogP) is 1.20. The van der Waals surface area contributed by atoms with Gasteiger partial charge in [-0.3, -0.25) is 4.68 Å². The van der Waals surface area contributed by atoms with E-state index in [4.69, 9.17) is 0 Å². The van der Waals surface area contributed by atoms with Gasteiger partial charge < -0.3 is 9.88 Å². The largest absolute Gasteiger partial charge is 0.389 e. The number of fused-ring (bicyclic) bond motifs is 1. The van der Waals surface area contributed by atoms with Crippen molar-refractivity contribution in [3.05, 3.63) is 29.6 Å². The lowest BCUT2D eigenvalue weighted by atomic mass is 10.1. The summed E-state index contributed by atoms with van der Waals surface area (Å²) in [6.45, 7) is 1.23. The van der Waals surface area contributed by atoms with E-state index in [0.717, 1.165) is 5.56 Å². The van der Waals surface area contributed by atoms with E-state index < -0.39 is 12.6 Å². The fourth-order valence-corrected chi connectivity index (χ4v) is 2.51. The maximum absolute atomic E-state index is 12.3. The maximum atomic E-state index is 12.3. The van der Waals surface area contributed by atoms with Gasteiger partial charge in [-0.05, 0) is 0 Å². The van der Waals surface area contributed by atoms with Gasteiger partial charge in [-0.25, -0.2) is 0 Å². The monoisotopic (exact) mass is 300 g/mol. The molecule has 21 heavy (non-hydrogen) atoms. The zero-order valence-corrected chi connectivity index (χ0v) is 11.4. The molecule has 0 saturated carbocycles. The Bertz CT molecular complexity index is 629. The molecule has 1 aliphatic rings. The molecule has 0 aliphatic carbocycles. The number of alkyl halides is 3. The van der Waals surface area contributed by atoms with Crippen molar-refractivity contribution in [1.29, 1.82) is 0 Å². The Morgan fingerprint density at radius 1 is 1.38 bits per heavy atom. The highest BCUT2D eigenvalue weighted by atomic mass is 19.4. The first-order valence-corrected chi connectivity index (χ1v) is 6.65. The summed E-state index contributed by atoms with van der Waals surface area (Å²) in [5, 5.41) is 15.4. The Balaban J connectivity index is 1.85. The first kappa shape index (κ1) is 14.1. The van der Waals surface area contributed by atoms with Gasteiger partial charge >= 0.3 is 6.18 Å². The van der Waals surface area contributed by atoms with Gasteiger partial charge in [0.25, 0.3) is 0 Å². The first-order chi connectivity index (χ1) is 9.94. The molecule has 0 bridgehead atoms. The van der Waals surface area contributed by atoms with E-state index >= 15 is 0 Å². The van der Waals surface area contributed by atoms with Crippen LogP contribution in [0.2, 0.25) is 0 Å². The third-order valence-electron chi connectivity index (χ3n) is 3.49. The zero-order valence-electron chi connectivity index (χ0n) is 11.4. The molecule has 0 amide bonds. The molecule has 0 radical (unpaired) electrons. The van der Waals surface area contributed by atoms with Crippen molar-refractivity contribution in [1.82, 2.24) is 29.9 Å². The molecule has 1 unspecified atom stereocenters. The first-order valence-electron chi connectivity index (χ1n) is 6.65. The van der Waals surface area contributed by atoms with Gasteiger partial charge in [-0.15, -0.1) is 10.2 Å². The summed E-state index contributed by atoms with van der Waals surface area (Å²) in [5.74, 6) is 1.03. The molecule has 9 heteroatoms. The molecule has 2 aromatic rings. The van der Waals surface area contributed by atoms with Gasteiger partial charge in [0.15, 0.2) is 5.82 Å². The lowest BCUT2D eigenvalue weighted by Gasteiger charge is -2.24. The fourth-order valence-electron chi connectivity index (χ4n) is 2.51. The number of aryl methyl sites for hydroxylation is 2. The number of nitrogens with zero attached hydrogens (tertiary/aromatic N) is 5. The molecular formula is C12H15F3N6. The van der Waals surface area contributed by atoms with Crippen LogP contribution >= 0.6 is 0 Å². The SMILES string of the molecule is Cn1cc(C2NCCn3c(CCC(F)(F)F)nnc32)cn1. The molecule has 2 aromatic heterocycles. The van der Waals surface area contributed by atoms with Crippen LogP contribution in [-0.2, 0) is 20.0 Å². The minimum absolute atomic E-state index is 0.143. The fraction of sp³-hybridized carbons (Fsp3) is 0.583. The summed E-state index contributed by atoms with van der Waals surface area (Å²) in [6, 6.07) is -0.181. The van der Waals surface area contributed by atoms with Crippen LogP contribution in [0.5, 0.6) is 0 Å². The van der Waals surface area contributed by atoms with Crippen LogP contribution in [0.1, 0.15) is 29.7 Å². The Hall–Kier alpha value is -1.90. The summed E-state index contributed by atoms with van der Waals surface area (Å²) in [7, 11) is 1.81. The zero-order chi connectivity index (χ0) is 15.0. The Morgan fingerprint density at radius 3 is 2.86 bits per heavy atom. The topological polar surface area (TPSA) is 60.6 Å². The predicted molar refractivity (Wildman–Crippen MR) is 67.5 cm³/mol. The van der Waals surface area contributed by atoms with E-state index in [0.29, 0.717) is 24.7 Å². The van der Waals surface area contributed by atoms with E-state index in [1.54, 1.807) is 15.4 Å². The molecular weight excluding hydrogens is 285 g/mol. The third-order valence-corrected chi connectivity index (χ3v) is 3.49. The number of halogens is 3. The van der Waals surface area contributed by atoms with Gasteiger partial charge in [0.1, 0.15) is 5.82 Å². The van der Waals surface area contributed by atoms with Crippen LogP contribution in [0.3, 0.4) is 0 Å². The minimum atomic E-state index is -4.18. The minimum Gasteiger partial charge on any atom is -0.312 e. The van der Waals surface area contributed by atoms with E-state index in [9.17, 15) is 13.2 Å². The van der Waals surface area contributed by atoms with Gasteiger partial charge in [-0.2, -0.15) is 18.3 Å². The Kier molecular flexibility index (Phi) is 3.44. The van der Waals surface area contributed by atoms with Crippen LogP contribution < -0.4 is 5.32 Å². The highest BCUT2D eigenvalue weighted by molar-refractivity contribution is 5.21. The highest BCUT2D eigenvalue weighted by Crippen LogP contribution is 2.26. The average Bonchev–Trinajstić information content (AvgIpc) is 3.01. The van der Waals surface area contributed by atoms with Crippen LogP contribution in [0, 0.1) is 0 Å². The van der Waals surface area contributed by atoms with Crippen molar-refractivity contribution in [2.24, 2.45) is 7.05 Å². The third kappa shape index (κ3) is 2.92. The Labute approximate surface area is 119 Å². The standard InChI is InChI=1S/C12H15F3N6/c1-20-7-8(6-17-20)10-11-19-18-9(2-3-12(13,14)15)21(11)5-4-16-10/h6-7,10,16H,2-5H2,1H3. The van der Waals surface area contributed by atoms with Gasteiger partial charge in [0.2, 0.25) is 0 Å². The molecule has 0 aromatic carbocycles. The van der Waals surface area contributed by atoms with E-state index in [-0.39, 0.29) is 12.5 Å². The van der Waals surface area contributed by atoms with Crippen molar-refractivity contribution in [2.45, 2.75) is 31.6 Å². The van der Waals surface area contributed by atoms with Gasteiger partial charge in [0.05, 0.1) is 18.7 Å². The molecule has 114 valence electrons. The van der Waals surface area contributed by atoms with Crippen molar-refractivity contribution in [3.8, 4) is 0 Å². The quantitative estimate of drug-likeness (QED) is 0.925. The molecule has 0 saturated heterocycles. The summed E-state index contributed by atoms with van der Waals surface area (Å²) >= 11 is 0. The van der Waals surface area contributed by atoms with Crippen molar-refractivity contribution in [3.63, 3.8) is 0 Å². The summed E-state index contributed by atoms with van der Waals surface area (Å²) in [6.07, 6.45) is -1.62. The molecule has 1 N–H and O–H groups in total. The van der Waals surface area contributed by atoms with Crippen molar-refractivity contribution < 1.29 is 13.2 Å². The van der Waals surface area contributed by atoms with Crippen molar-refractivity contribution in [2.75, 3.05) is 6.54 Å². The average molecular weight is 300 g/mol. The lowest BCUT2D eigenvalue weighted by molar-refractivity contribution is -0.134. The summed E-state index contributed by atoms with van der Waals surface area (Å²) in [5.41, 5.74) is 0.924. The van der Waals surface area contributed by atoms with Crippen LogP contribution in [0.25, 0.3) is 0 Å². The van der Waals surface area contributed by atoms with Gasteiger partial charge in [-0.1, -0.05) is 0 Å². The van der Waals surface area contributed by atoms with Crippen molar-refractivity contribution >= 4 is 0 Å². The van der Waals surface area contributed by atoms with E-state index in [1.165, 1.54) is 0 Å². The molecule has 3 rings (SSSR count). The van der Waals surface area contributed by atoms with E-state index in [1.807, 2.05) is 13.2 Å². The smallest absolute Gasteiger partial charge is 0.312 e. The molecule has 6 nitrogen and oxygen atoms in total. The molecule has 1 aliphatic heterocycles. The number of rotatable bonds is 3. The number of nitrogens with one attached hydrogen (secondary N) is 1. The maximum Gasteiger partial charge on any atom is 0.389 e. The number of aromatic nitrogens is 5. The summed E-state index contributed by atoms with van der Waals surface area (Å²) in [4.78, 5) is 0. The van der Waals surface area contributed by atoms with Crippen LogP contribution in [0.4, 0.5) is 13.2 Å². The van der Waals surface area contributed by atoms with E-state index in [2.05, 4.69) is 20.6 Å². The molecule has 0 fully saturated rings.